The van der Waals surface area contributed by atoms with Gasteiger partial charge in [-0.15, -0.1) is 0 Å². The molecule has 9 nitrogen and oxygen atoms in total. The highest BCUT2D eigenvalue weighted by molar-refractivity contribution is 7.89. The molecule has 1 atom stereocenters. The molecule has 1 aliphatic heterocycles. The predicted octanol–water partition coefficient (Wildman–Crippen LogP) is 1.26. The Kier molecular flexibility index (Phi) is 5.20. The van der Waals surface area contributed by atoms with Crippen molar-refractivity contribution in [2.75, 3.05) is 6.61 Å². The van der Waals surface area contributed by atoms with E-state index in [0.717, 1.165) is 9.65 Å². The summed E-state index contributed by atoms with van der Waals surface area (Å²) in [5.41, 5.74) is 2.51. The molecule has 3 heterocycles. The third-order valence-electron chi connectivity index (χ3n) is 5.43. The molecule has 0 saturated carbocycles. The molecule has 10 heteroatoms. The number of fused-ring (bicyclic) bond motifs is 1. The molecule has 4 rings (SSSR count). The second-order valence-corrected chi connectivity index (χ2v) is 8.99. The van der Waals surface area contributed by atoms with Crippen LogP contribution in [0.5, 0.6) is 0 Å². The molecule has 0 aliphatic carbocycles. The van der Waals surface area contributed by atoms with Gasteiger partial charge in [-0.1, -0.05) is 30.3 Å². The van der Waals surface area contributed by atoms with E-state index in [4.69, 9.17) is 0 Å². The van der Waals surface area contributed by atoms with Crippen molar-refractivity contribution in [2.45, 2.75) is 44.3 Å². The van der Waals surface area contributed by atoms with Gasteiger partial charge in [-0.3, -0.25) is 9.48 Å². The number of aryl methyl sites for hydroxylation is 1. The van der Waals surface area contributed by atoms with Crippen LogP contribution in [0.15, 0.2) is 47.6 Å². The average Bonchev–Trinajstić information content (AvgIpc) is 3.42. The number of rotatable bonds is 6. The molecule has 2 aromatic heterocycles. The van der Waals surface area contributed by atoms with Crippen molar-refractivity contribution in [2.24, 2.45) is 0 Å². The van der Waals surface area contributed by atoms with Crippen LogP contribution in [0, 0.1) is 6.92 Å². The normalized spacial score (nSPS) is 14.7. The molecule has 0 saturated heterocycles. The van der Waals surface area contributed by atoms with Gasteiger partial charge in [0.2, 0.25) is 5.91 Å². The molecular weight excluding hydrogens is 406 g/mol. The first kappa shape index (κ1) is 20.3. The van der Waals surface area contributed by atoms with Gasteiger partial charge in [-0.2, -0.15) is 22.7 Å². The second kappa shape index (κ2) is 7.69. The van der Waals surface area contributed by atoms with Crippen LogP contribution in [0.4, 0.5) is 0 Å². The maximum Gasteiger partial charge on any atom is 0.286 e. The first-order valence-corrected chi connectivity index (χ1v) is 11.1. The Morgan fingerprint density at radius 3 is 2.57 bits per heavy atom. The van der Waals surface area contributed by atoms with Crippen LogP contribution in [0.25, 0.3) is 0 Å². The topological polar surface area (TPSA) is 110 Å². The predicted molar refractivity (Wildman–Crippen MR) is 108 cm³/mol. The highest BCUT2D eigenvalue weighted by atomic mass is 32.2. The average molecular weight is 430 g/mol. The van der Waals surface area contributed by atoms with Gasteiger partial charge in [0.1, 0.15) is 4.90 Å². The minimum Gasteiger partial charge on any atom is -0.395 e. The first-order valence-electron chi connectivity index (χ1n) is 9.66. The minimum atomic E-state index is -3.86. The number of nitrogens with zero attached hydrogens (tertiary/aromatic N) is 5. The molecule has 0 unspecified atom stereocenters. The van der Waals surface area contributed by atoms with Crippen molar-refractivity contribution in [1.82, 2.24) is 23.9 Å². The molecule has 1 amide bonds. The smallest absolute Gasteiger partial charge is 0.286 e. The molecule has 1 aromatic carbocycles. The summed E-state index contributed by atoms with van der Waals surface area (Å²) in [4.78, 5) is 14.6. The van der Waals surface area contributed by atoms with Crippen molar-refractivity contribution in [3.05, 3.63) is 65.2 Å². The van der Waals surface area contributed by atoms with E-state index in [1.807, 2.05) is 25.1 Å². The Labute approximate surface area is 174 Å². The summed E-state index contributed by atoms with van der Waals surface area (Å²) < 4.78 is 28.5. The van der Waals surface area contributed by atoms with Gasteiger partial charge in [0.25, 0.3) is 10.0 Å². The number of amides is 1. The van der Waals surface area contributed by atoms with E-state index in [9.17, 15) is 18.3 Å². The SMILES string of the molecule is CCn1ncc(S(=O)(=O)n2cc3c(n2)CN(C(=O)[C@@H](CO)c2ccccc2)C3)c1C. The number of aromatic nitrogens is 4. The minimum absolute atomic E-state index is 0.114. The molecule has 1 aliphatic rings. The molecule has 158 valence electrons. The summed E-state index contributed by atoms with van der Waals surface area (Å²) in [6.45, 7) is 4.32. The summed E-state index contributed by atoms with van der Waals surface area (Å²) in [5, 5.41) is 18.1. The molecule has 1 N–H and O–H groups in total. The Morgan fingerprint density at radius 1 is 1.23 bits per heavy atom. The number of hydrogen-bond donors (Lipinski definition) is 1. The van der Waals surface area contributed by atoms with E-state index >= 15 is 0 Å². The number of hydrogen-bond acceptors (Lipinski definition) is 6. The number of aliphatic hydroxyl groups is 1. The Bertz CT molecular complexity index is 1160. The Balaban J connectivity index is 1.55. The zero-order chi connectivity index (χ0) is 21.5. The molecular formula is C20H23N5O4S. The van der Waals surface area contributed by atoms with Crippen LogP contribution < -0.4 is 0 Å². The largest absolute Gasteiger partial charge is 0.395 e. The number of benzene rings is 1. The van der Waals surface area contributed by atoms with Crippen LogP contribution in [-0.2, 0) is 34.5 Å². The maximum absolute atomic E-state index is 13.0. The maximum atomic E-state index is 13.0. The molecule has 0 spiro atoms. The fourth-order valence-electron chi connectivity index (χ4n) is 3.74. The highest BCUT2D eigenvalue weighted by Crippen LogP contribution is 2.28. The molecule has 0 radical (unpaired) electrons. The van der Waals surface area contributed by atoms with E-state index < -0.39 is 15.9 Å². The summed E-state index contributed by atoms with van der Waals surface area (Å²) in [6, 6.07) is 9.10. The lowest BCUT2D eigenvalue weighted by atomic mass is 9.98. The van der Waals surface area contributed by atoms with Crippen LogP contribution in [-0.4, -0.2) is 49.9 Å². The van der Waals surface area contributed by atoms with E-state index in [-0.39, 0.29) is 30.5 Å². The lowest BCUT2D eigenvalue weighted by molar-refractivity contribution is -0.134. The number of aliphatic hydroxyl groups excluding tert-OH is 1. The summed E-state index contributed by atoms with van der Waals surface area (Å²) in [5.74, 6) is -0.871. The number of carbonyl (C=O) groups excluding carboxylic acids is 1. The molecule has 30 heavy (non-hydrogen) atoms. The van der Waals surface area contributed by atoms with Crippen LogP contribution in [0.1, 0.15) is 35.4 Å². The van der Waals surface area contributed by atoms with E-state index in [1.54, 1.807) is 28.6 Å². The van der Waals surface area contributed by atoms with Crippen molar-refractivity contribution in [1.29, 1.82) is 0 Å². The van der Waals surface area contributed by atoms with Gasteiger partial charge in [0.15, 0.2) is 0 Å². The molecule has 3 aromatic rings. The van der Waals surface area contributed by atoms with Gasteiger partial charge < -0.3 is 10.0 Å². The fraction of sp³-hybridized carbons (Fsp3) is 0.350. The summed E-state index contributed by atoms with van der Waals surface area (Å²) >= 11 is 0. The van der Waals surface area contributed by atoms with Crippen LogP contribution in [0.3, 0.4) is 0 Å². The van der Waals surface area contributed by atoms with Crippen molar-refractivity contribution >= 4 is 15.9 Å². The van der Waals surface area contributed by atoms with Gasteiger partial charge in [-0.25, -0.2) is 0 Å². The van der Waals surface area contributed by atoms with Crippen LogP contribution in [0.2, 0.25) is 0 Å². The van der Waals surface area contributed by atoms with Gasteiger partial charge >= 0.3 is 0 Å². The van der Waals surface area contributed by atoms with E-state index in [1.165, 1.54) is 12.4 Å². The fourth-order valence-corrected chi connectivity index (χ4v) is 5.07. The standard InChI is InChI=1S/C20H23N5O4S/c1-3-24-14(2)19(9-21-24)30(28,29)25-11-16-10-23(12-18(16)22-25)20(27)17(13-26)15-7-5-4-6-8-15/h4-9,11,17,26H,3,10,12-13H2,1-2H3/t17-/m0/s1. The lowest BCUT2D eigenvalue weighted by Crippen LogP contribution is -2.33. The summed E-state index contributed by atoms with van der Waals surface area (Å²) in [6.07, 6.45) is 2.79. The quantitative estimate of drug-likeness (QED) is 0.632. The van der Waals surface area contributed by atoms with Gasteiger partial charge in [-0.05, 0) is 19.4 Å². The Hall–Kier alpha value is -2.98. The zero-order valence-corrected chi connectivity index (χ0v) is 17.6. The monoisotopic (exact) mass is 429 g/mol. The van der Waals surface area contributed by atoms with Crippen molar-refractivity contribution in [3.63, 3.8) is 0 Å². The van der Waals surface area contributed by atoms with Crippen LogP contribution >= 0.6 is 0 Å². The third kappa shape index (κ3) is 3.31. The Morgan fingerprint density at radius 2 is 1.97 bits per heavy atom. The molecule has 0 fully saturated rings. The van der Waals surface area contributed by atoms with Gasteiger partial charge in [0.05, 0.1) is 36.7 Å². The second-order valence-electron chi connectivity index (χ2n) is 7.23. The first-order chi connectivity index (χ1) is 14.4. The summed E-state index contributed by atoms with van der Waals surface area (Å²) in [7, 11) is -3.86. The van der Waals surface area contributed by atoms with Crippen molar-refractivity contribution in [3.8, 4) is 0 Å². The van der Waals surface area contributed by atoms with E-state index in [0.29, 0.717) is 23.5 Å². The lowest BCUT2D eigenvalue weighted by Gasteiger charge is -2.22. The van der Waals surface area contributed by atoms with Gasteiger partial charge in [0, 0.05) is 24.8 Å². The number of carbonyl (C=O) groups is 1. The van der Waals surface area contributed by atoms with Crippen molar-refractivity contribution < 1.29 is 18.3 Å². The zero-order valence-electron chi connectivity index (χ0n) is 16.8. The molecule has 0 bridgehead atoms. The third-order valence-corrected chi connectivity index (χ3v) is 7.07. The van der Waals surface area contributed by atoms with E-state index in [2.05, 4.69) is 10.2 Å². The highest BCUT2D eigenvalue weighted by Gasteiger charge is 2.33.